The van der Waals surface area contributed by atoms with Gasteiger partial charge in [0.05, 0.1) is 22.5 Å². The van der Waals surface area contributed by atoms with Crippen molar-refractivity contribution in [3.8, 4) is 11.5 Å². The first-order valence-corrected chi connectivity index (χ1v) is 14.0. The predicted octanol–water partition coefficient (Wildman–Crippen LogP) is 4.70. The number of para-hydroxylation sites is 1. The van der Waals surface area contributed by atoms with Gasteiger partial charge in [-0.1, -0.05) is 24.3 Å². The van der Waals surface area contributed by atoms with Crippen LogP contribution in [0.1, 0.15) is 40.2 Å². The van der Waals surface area contributed by atoms with Gasteiger partial charge >= 0.3 is 6.29 Å². The highest BCUT2D eigenvalue weighted by atomic mass is 32.2. The summed E-state index contributed by atoms with van der Waals surface area (Å²) < 4.78 is 76.8. The lowest BCUT2D eigenvalue weighted by atomic mass is 10.1. The summed E-state index contributed by atoms with van der Waals surface area (Å²) in [6.45, 7) is 0.176. The monoisotopic (exact) mass is 557 g/mol. The zero-order chi connectivity index (χ0) is 27.6. The molecular weight excluding hydrogens is 535 g/mol. The summed E-state index contributed by atoms with van der Waals surface area (Å²) in [6, 6.07) is 15.5. The molecule has 4 aromatic rings. The first kappa shape index (κ1) is 25.2. The van der Waals surface area contributed by atoms with Crippen LogP contribution in [0.5, 0.6) is 11.5 Å². The van der Waals surface area contributed by atoms with Gasteiger partial charge in [-0.3, -0.25) is 4.79 Å². The standard InChI is InChI=1S/C27H22F3N3O5S/c1-39(35,36)19-8-5-16(6-9-19)14-31-24(34)17-7-10-21-20(13-17)32-25(26(28)11-12-26)33(21)15-18-3-2-4-22-23(18)38-27(29,30)37-22/h2-10,13H,11-12,14-15H2,1H3,(H,31,34). The van der Waals surface area contributed by atoms with Crippen LogP contribution in [0, 0.1) is 0 Å². The van der Waals surface area contributed by atoms with Gasteiger partial charge in [-0.2, -0.15) is 0 Å². The first-order valence-electron chi connectivity index (χ1n) is 12.1. The number of hydrogen-bond donors (Lipinski definition) is 1. The Labute approximate surface area is 221 Å². The number of sulfone groups is 1. The molecule has 1 aliphatic heterocycles. The van der Waals surface area contributed by atoms with E-state index in [0.717, 1.165) is 6.26 Å². The van der Waals surface area contributed by atoms with Crippen molar-refractivity contribution in [2.24, 2.45) is 0 Å². The molecule has 8 nitrogen and oxygen atoms in total. The number of nitrogens with one attached hydrogen (secondary N) is 1. The van der Waals surface area contributed by atoms with Crippen LogP contribution in [0.15, 0.2) is 65.6 Å². The van der Waals surface area contributed by atoms with Gasteiger partial charge in [-0.25, -0.2) is 17.8 Å². The molecule has 0 bridgehead atoms. The van der Waals surface area contributed by atoms with Crippen molar-refractivity contribution < 1.29 is 35.9 Å². The first-order chi connectivity index (χ1) is 18.4. The van der Waals surface area contributed by atoms with Crippen LogP contribution in [0.2, 0.25) is 0 Å². The van der Waals surface area contributed by atoms with Crippen molar-refractivity contribution in [2.75, 3.05) is 6.26 Å². The normalized spacial score (nSPS) is 16.8. The van der Waals surface area contributed by atoms with Crippen molar-refractivity contribution in [3.63, 3.8) is 0 Å². The molecule has 6 rings (SSSR count). The number of carbonyl (C=O) groups is 1. The Morgan fingerprint density at radius 1 is 1.05 bits per heavy atom. The van der Waals surface area contributed by atoms with Crippen LogP contribution < -0.4 is 14.8 Å². The SMILES string of the molecule is CS(=O)(=O)c1ccc(CNC(=O)c2ccc3c(c2)nc(C2(F)CC2)n3Cc2cccc3c2OC(F)(F)O3)cc1. The molecule has 39 heavy (non-hydrogen) atoms. The van der Waals surface area contributed by atoms with Crippen LogP contribution in [-0.2, 0) is 28.6 Å². The minimum Gasteiger partial charge on any atom is -0.395 e. The van der Waals surface area contributed by atoms with Gasteiger partial charge in [-0.15, -0.1) is 8.78 Å². The minimum absolute atomic E-state index is 0.00906. The van der Waals surface area contributed by atoms with Crippen LogP contribution >= 0.6 is 0 Å². The van der Waals surface area contributed by atoms with E-state index in [-0.39, 0.29) is 48.2 Å². The summed E-state index contributed by atoms with van der Waals surface area (Å²) in [5, 5.41) is 2.78. The van der Waals surface area contributed by atoms with Crippen LogP contribution in [0.25, 0.3) is 11.0 Å². The Hall–Kier alpha value is -4.06. The summed E-state index contributed by atoms with van der Waals surface area (Å²) in [5.74, 6) is -0.450. The van der Waals surface area contributed by atoms with Crippen LogP contribution in [0.3, 0.4) is 0 Å². The fraction of sp³-hybridized carbons (Fsp3) is 0.259. The second kappa shape index (κ2) is 8.73. The molecule has 3 aromatic carbocycles. The summed E-state index contributed by atoms with van der Waals surface area (Å²) >= 11 is 0. The molecular formula is C27H22F3N3O5S. The molecule has 202 valence electrons. The van der Waals surface area contributed by atoms with Gasteiger partial charge in [0.25, 0.3) is 5.91 Å². The molecule has 0 unspecified atom stereocenters. The number of carbonyl (C=O) groups excluding carboxylic acids is 1. The van der Waals surface area contributed by atoms with E-state index >= 15 is 4.39 Å². The number of aromatic nitrogens is 2. The summed E-state index contributed by atoms with van der Waals surface area (Å²) in [7, 11) is -3.32. The van der Waals surface area contributed by atoms with Crippen molar-refractivity contribution in [1.82, 2.24) is 14.9 Å². The molecule has 0 saturated heterocycles. The number of rotatable bonds is 7. The maximum Gasteiger partial charge on any atom is 0.586 e. The summed E-state index contributed by atoms with van der Waals surface area (Å²) in [5.41, 5.74) is 0.659. The van der Waals surface area contributed by atoms with Crippen molar-refractivity contribution >= 4 is 26.8 Å². The molecule has 12 heteroatoms. The zero-order valence-electron chi connectivity index (χ0n) is 20.6. The lowest BCUT2D eigenvalue weighted by molar-refractivity contribution is -0.287. The van der Waals surface area contributed by atoms with Crippen molar-refractivity contribution in [2.45, 2.75) is 42.8 Å². The van der Waals surface area contributed by atoms with E-state index in [1.165, 1.54) is 18.2 Å². The molecule has 2 aliphatic rings. The highest BCUT2D eigenvalue weighted by Crippen LogP contribution is 2.50. The molecule has 0 atom stereocenters. The van der Waals surface area contributed by atoms with Crippen molar-refractivity contribution in [3.05, 3.63) is 83.2 Å². The van der Waals surface area contributed by atoms with Gasteiger partial charge in [0.1, 0.15) is 5.82 Å². The number of imidazole rings is 1. The maximum absolute atomic E-state index is 15.3. The molecule has 0 spiro atoms. The minimum atomic E-state index is -3.78. The topological polar surface area (TPSA) is 99.5 Å². The summed E-state index contributed by atoms with van der Waals surface area (Å²) in [6.07, 6.45) is -2.10. The van der Waals surface area contributed by atoms with E-state index in [0.29, 0.717) is 27.7 Å². The zero-order valence-corrected chi connectivity index (χ0v) is 21.4. The van der Waals surface area contributed by atoms with E-state index in [1.54, 1.807) is 47.0 Å². The number of benzene rings is 3. The predicted molar refractivity (Wildman–Crippen MR) is 134 cm³/mol. The number of nitrogens with zero attached hydrogens (tertiary/aromatic N) is 2. The molecule has 1 amide bonds. The third-order valence-electron chi connectivity index (χ3n) is 6.74. The third-order valence-corrected chi connectivity index (χ3v) is 7.87. The lowest BCUT2D eigenvalue weighted by Gasteiger charge is -2.13. The average Bonchev–Trinajstić information content (AvgIpc) is 3.39. The number of amides is 1. The largest absolute Gasteiger partial charge is 0.586 e. The van der Waals surface area contributed by atoms with E-state index < -0.39 is 27.7 Å². The molecule has 1 N–H and O–H groups in total. The van der Waals surface area contributed by atoms with Gasteiger partial charge in [0.2, 0.25) is 0 Å². The molecule has 1 saturated carbocycles. The Balaban J connectivity index is 1.27. The quantitative estimate of drug-likeness (QED) is 0.354. The van der Waals surface area contributed by atoms with Gasteiger partial charge in [-0.05, 0) is 54.8 Å². The second-order valence-corrected chi connectivity index (χ2v) is 11.7. The van der Waals surface area contributed by atoms with E-state index in [4.69, 9.17) is 4.74 Å². The number of ether oxygens (including phenoxy) is 2. The molecule has 2 heterocycles. The number of fused-ring (bicyclic) bond motifs is 2. The average molecular weight is 558 g/mol. The van der Waals surface area contributed by atoms with Gasteiger partial charge in [0.15, 0.2) is 27.0 Å². The highest BCUT2D eigenvalue weighted by molar-refractivity contribution is 7.90. The second-order valence-electron chi connectivity index (χ2n) is 9.70. The van der Waals surface area contributed by atoms with Gasteiger partial charge < -0.3 is 19.4 Å². The fourth-order valence-electron chi connectivity index (χ4n) is 4.57. The molecule has 0 radical (unpaired) electrons. The van der Waals surface area contributed by atoms with E-state index in [1.807, 2.05) is 0 Å². The number of alkyl halides is 3. The molecule has 1 aromatic heterocycles. The van der Waals surface area contributed by atoms with Crippen molar-refractivity contribution in [1.29, 1.82) is 0 Å². The smallest absolute Gasteiger partial charge is 0.395 e. The number of hydrogen-bond acceptors (Lipinski definition) is 6. The molecule has 1 fully saturated rings. The van der Waals surface area contributed by atoms with Crippen LogP contribution in [0.4, 0.5) is 13.2 Å². The van der Waals surface area contributed by atoms with Crippen LogP contribution in [-0.4, -0.2) is 36.4 Å². The summed E-state index contributed by atoms with van der Waals surface area (Å²) in [4.78, 5) is 17.5. The third kappa shape index (κ3) is 4.80. The Bertz CT molecular complexity index is 1730. The van der Waals surface area contributed by atoms with E-state index in [9.17, 15) is 22.0 Å². The maximum atomic E-state index is 15.3. The highest BCUT2D eigenvalue weighted by Gasteiger charge is 2.50. The van der Waals surface area contributed by atoms with Gasteiger partial charge in [0, 0.05) is 23.9 Å². The fourth-order valence-corrected chi connectivity index (χ4v) is 5.20. The number of halogens is 3. The van der Waals surface area contributed by atoms with E-state index in [2.05, 4.69) is 15.0 Å². The Kier molecular flexibility index (Phi) is 5.65. The lowest BCUT2D eigenvalue weighted by Crippen LogP contribution is -2.26. The molecule has 1 aliphatic carbocycles. The Morgan fingerprint density at radius 2 is 1.79 bits per heavy atom. The Morgan fingerprint density at radius 3 is 2.49 bits per heavy atom.